The van der Waals surface area contributed by atoms with E-state index in [2.05, 4.69) is 10.3 Å². The van der Waals surface area contributed by atoms with Crippen molar-refractivity contribution in [3.05, 3.63) is 47.3 Å². The molecule has 0 aliphatic rings. The summed E-state index contributed by atoms with van der Waals surface area (Å²) in [6.07, 6.45) is 0.644. The van der Waals surface area contributed by atoms with E-state index in [1.807, 2.05) is 44.2 Å². The van der Waals surface area contributed by atoms with Crippen molar-refractivity contribution in [2.45, 2.75) is 30.7 Å². The van der Waals surface area contributed by atoms with Crippen LogP contribution in [-0.4, -0.2) is 23.2 Å². The number of thioether (sulfide) groups is 1. The molecule has 5 heteroatoms. The molecule has 0 bridgehead atoms. The summed E-state index contributed by atoms with van der Waals surface area (Å²) in [5.74, 6) is 0.773. The second kappa shape index (κ2) is 6.61. The molecule has 4 nitrogen and oxygen atoms in total. The molecular weight excluding hydrogens is 272 g/mol. The number of amides is 1. The minimum Gasteiger partial charge on any atom is -0.437 e. The maximum absolute atomic E-state index is 12.0. The van der Waals surface area contributed by atoms with Crippen molar-refractivity contribution in [1.29, 1.82) is 0 Å². The zero-order valence-electron chi connectivity index (χ0n) is 11.8. The van der Waals surface area contributed by atoms with Gasteiger partial charge < -0.3 is 9.73 Å². The smallest absolute Gasteiger partial charge is 0.256 e. The van der Waals surface area contributed by atoms with E-state index in [1.165, 1.54) is 11.8 Å². The number of hydrogen-bond acceptors (Lipinski definition) is 4. The number of carbonyl (C=O) groups is 1. The molecule has 0 aliphatic heterocycles. The second-order valence-corrected chi connectivity index (χ2v) is 5.69. The topological polar surface area (TPSA) is 55.1 Å². The zero-order chi connectivity index (χ0) is 14.5. The van der Waals surface area contributed by atoms with Crippen LogP contribution in [0.15, 0.2) is 40.0 Å². The van der Waals surface area contributed by atoms with Gasteiger partial charge in [0.25, 0.3) is 5.22 Å². The van der Waals surface area contributed by atoms with Gasteiger partial charge in [-0.1, -0.05) is 42.1 Å². The van der Waals surface area contributed by atoms with E-state index in [1.54, 1.807) is 7.05 Å². The van der Waals surface area contributed by atoms with Gasteiger partial charge in [0.15, 0.2) is 0 Å². The fourth-order valence-electron chi connectivity index (χ4n) is 1.79. The van der Waals surface area contributed by atoms with Crippen LogP contribution < -0.4 is 5.32 Å². The van der Waals surface area contributed by atoms with Crippen molar-refractivity contribution in [2.75, 3.05) is 7.05 Å². The lowest BCUT2D eigenvalue weighted by Crippen LogP contribution is -2.31. The summed E-state index contributed by atoms with van der Waals surface area (Å²) < 4.78 is 5.55. The molecule has 1 heterocycles. The minimum atomic E-state index is -0.250. The molecular formula is C15H18N2O2S. The summed E-state index contributed by atoms with van der Waals surface area (Å²) in [5, 5.41) is 2.99. The molecule has 2 rings (SSSR count). The lowest BCUT2D eigenvalue weighted by atomic mass is 10.1. The van der Waals surface area contributed by atoms with Gasteiger partial charge in [0.2, 0.25) is 5.91 Å². The van der Waals surface area contributed by atoms with Crippen LogP contribution >= 0.6 is 11.8 Å². The average molecular weight is 290 g/mol. The molecule has 0 saturated heterocycles. The molecule has 0 saturated carbocycles. The van der Waals surface area contributed by atoms with Crippen LogP contribution in [0.3, 0.4) is 0 Å². The number of nitrogens with one attached hydrogen (secondary N) is 1. The van der Waals surface area contributed by atoms with E-state index in [9.17, 15) is 4.79 Å². The Balaban J connectivity index is 2.13. The fraction of sp³-hybridized carbons (Fsp3) is 0.333. The SMILES string of the molecule is CNC(=O)[C@H](Cc1ccccc1)Sc1nc(C)c(C)o1. The molecule has 20 heavy (non-hydrogen) atoms. The predicted molar refractivity (Wildman–Crippen MR) is 79.8 cm³/mol. The molecule has 1 aromatic heterocycles. The number of benzene rings is 1. The van der Waals surface area contributed by atoms with Gasteiger partial charge in [-0.3, -0.25) is 4.79 Å². The quantitative estimate of drug-likeness (QED) is 0.860. The normalized spacial score (nSPS) is 12.2. The Hall–Kier alpha value is -1.75. The number of oxazole rings is 1. The molecule has 2 aromatic rings. The highest BCUT2D eigenvalue weighted by molar-refractivity contribution is 8.00. The lowest BCUT2D eigenvalue weighted by Gasteiger charge is -2.13. The van der Waals surface area contributed by atoms with E-state index < -0.39 is 0 Å². The lowest BCUT2D eigenvalue weighted by molar-refractivity contribution is -0.120. The number of rotatable bonds is 5. The van der Waals surface area contributed by atoms with Crippen molar-refractivity contribution < 1.29 is 9.21 Å². The number of aryl methyl sites for hydroxylation is 2. The van der Waals surface area contributed by atoms with Gasteiger partial charge in [-0.05, 0) is 25.8 Å². The van der Waals surface area contributed by atoms with Crippen LogP contribution in [0.2, 0.25) is 0 Å². The molecule has 0 aliphatic carbocycles. The Kier molecular flexibility index (Phi) is 4.84. The summed E-state index contributed by atoms with van der Waals surface area (Å²) >= 11 is 1.36. The Morgan fingerprint density at radius 3 is 2.60 bits per heavy atom. The summed E-state index contributed by atoms with van der Waals surface area (Å²) in [6.45, 7) is 3.77. The third-order valence-corrected chi connectivity index (χ3v) is 4.10. The predicted octanol–water partition coefficient (Wildman–Crippen LogP) is 2.74. The molecule has 1 amide bonds. The maximum atomic E-state index is 12.0. The zero-order valence-corrected chi connectivity index (χ0v) is 12.7. The first kappa shape index (κ1) is 14.7. The highest BCUT2D eigenvalue weighted by Crippen LogP contribution is 2.27. The van der Waals surface area contributed by atoms with Crippen LogP contribution in [-0.2, 0) is 11.2 Å². The third kappa shape index (κ3) is 3.63. The number of carbonyl (C=O) groups excluding carboxylic acids is 1. The molecule has 106 valence electrons. The maximum Gasteiger partial charge on any atom is 0.256 e. The number of nitrogens with zero attached hydrogens (tertiary/aromatic N) is 1. The van der Waals surface area contributed by atoms with Crippen molar-refractivity contribution >= 4 is 17.7 Å². The Bertz CT molecular complexity index is 561. The molecule has 1 N–H and O–H groups in total. The van der Waals surface area contributed by atoms with E-state index in [0.717, 1.165) is 17.0 Å². The highest BCUT2D eigenvalue weighted by atomic mass is 32.2. The van der Waals surface area contributed by atoms with Gasteiger partial charge >= 0.3 is 0 Å². The summed E-state index contributed by atoms with van der Waals surface area (Å²) in [6, 6.07) is 9.94. The molecule has 0 radical (unpaired) electrons. The summed E-state index contributed by atoms with van der Waals surface area (Å²) in [4.78, 5) is 16.3. The van der Waals surface area contributed by atoms with Crippen molar-refractivity contribution in [3.63, 3.8) is 0 Å². The fourth-order valence-corrected chi connectivity index (χ4v) is 2.90. The Morgan fingerprint density at radius 2 is 2.05 bits per heavy atom. The number of hydrogen-bond donors (Lipinski definition) is 1. The Morgan fingerprint density at radius 1 is 1.35 bits per heavy atom. The largest absolute Gasteiger partial charge is 0.437 e. The molecule has 1 atom stereocenters. The van der Waals surface area contributed by atoms with E-state index in [0.29, 0.717) is 11.6 Å². The van der Waals surface area contributed by atoms with Gasteiger partial charge in [-0.25, -0.2) is 4.98 Å². The Labute approximate surface area is 123 Å². The van der Waals surface area contributed by atoms with Crippen LogP contribution in [0.25, 0.3) is 0 Å². The monoisotopic (exact) mass is 290 g/mol. The standard InChI is InChI=1S/C15H18N2O2S/c1-10-11(2)19-15(17-10)20-13(14(18)16-3)9-12-7-5-4-6-8-12/h4-8,13H,9H2,1-3H3,(H,16,18)/t13-/m0/s1. The van der Waals surface area contributed by atoms with Crippen LogP contribution in [0.5, 0.6) is 0 Å². The summed E-state index contributed by atoms with van der Waals surface area (Å²) in [7, 11) is 1.65. The van der Waals surface area contributed by atoms with Gasteiger partial charge in [0, 0.05) is 7.05 Å². The van der Waals surface area contributed by atoms with E-state index in [-0.39, 0.29) is 11.2 Å². The first-order valence-corrected chi connectivity index (χ1v) is 7.34. The summed E-state index contributed by atoms with van der Waals surface area (Å²) in [5.41, 5.74) is 1.98. The average Bonchev–Trinajstić information content (AvgIpc) is 2.77. The van der Waals surface area contributed by atoms with Crippen molar-refractivity contribution in [3.8, 4) is 0 Å². The second-order valence-electron chi connectivity index (χ2n) is 4.53. The van der Waals surface area contributed by atoms with Gasteiger partial charge in [-0.15, -0.1) is 0 Å². The van der Waals surface area contributed by atoms with Gasteiger partial charge in [0.05, 0.1) is 10.9 Å². The van der Waals surface area contributed by atoms with Gasteiger partial charge in [-0.2, -0.15) is 0 Å². The van der Waals surface area contributed by atoms with E-state index in [4.69, 9.17) is 4.42 Å². The highest BCUT2D eigenvalue weighted by Gasteiger charge is 2.22. The van der Waals surface area contributed by atoms with Gasteiger partial charge in [0.1, 0.15) is 5.76 Å². The third-order valence-electron chi connectivity index (χ3n) is 3.05. The molecule has 0 spiro atoms. The molecule has 1 aromatic carbocycles. The van der Waals surface area contributed by atoms with Crippen molar-refractivity contribution in [1.82, 2.24) is 10.3 Å². The van der Waals surface area contributed by atoms with Crippen LogP contribution in [0.1, 0.15) is 17.0 Å². The van der Waals surface area contributed by atoms with Crippen LogP contribution in [0.4, 0.5) is 0 Å². The first-order chi connectivity index (χ1) is 9.60. The first-order valence-electron chi connectivity index (χ1n) is 6.46. The molecule has 0 fully saturated rings. The van der Waals surface area contributed by atoms with Crippen molar-refractivity contribution in [2.24, 2.45) is 0 Å². The van der Waals surface area contributed by atoms with E-state index >= 15 is 0 Å². The minimum absolute atomic E-state index is 0.0210. The number of aromatic nitrogens is 1. The molecule has 0 unspecified atom stereocenters. The van der Waals surface area contributed by atoms with Crippen LogP contribution in [0, 0.1) is 13.8 Å².